The molecule has 2 heterocycles. The standard InChI is InChI=1S/C70H52N2O2/c1-41-39-43(3)67(45(5)63(41)57-27-17-25-53-51-23-13-15-29-61(51)73-69(53)57)71(49-19-9-7-10-20-49)59-37-33-47-32-36-56-60(38-34-48-31-35-55(59)65(47)66(48)56)72(50-21-11-8-12-22-50)68-44(4)40-42(2)64(46(68)6)58-28-18-26-54-52-24-14-16-30-62(52)74-70(54)58/h7-40H,1-6H3. The summed E-state index contributed by atoms with van der Waals surface area (Å²) in [7, 11) is 0. The molecule has 14 rings (SSSR count). The van der Waals surface area contributed by atoms with Crippen LogP contribution in [0.25, 0.3) is 98.4 Å². The maximum Gasteiger partial charge on any atom is 0.143 e. The van der Waals surface area contributed by atoms with E-state index in [1.54, 1.807) is 0 Å². The van der Waals surface area contributed by atoms with Gasteiger partial charge in [-0.3, -0.25) is 0 Å². The Morgan fingerprint density at radius 2 is 0.689 bits per heavy atom. The van der Waals surface area contributed by atoms with E-state index in [9.17, 15) is 0 Å². The second-order valence-electron chi connectivity index (χ2n) is 20.2. The first-order valence-electron chi connectivity index (χ1n) is 25.7. The summed E-state index contributed by atoms with van der Waals surface area (Å²) >= 11 is 0. The van der Waals surface area contributed by atoms with E-state index in [0.717, 1.165) is 89.1 Å². The van der Waals surface area contributed by atoms with Crippen molar-refractivity contribution in [3.05, 3.63) is 240 Å². The molecular weight excluding hydrogens is 901 g/mol. The van der Waals surface area contributed by atoms with Crippen LogP contribution in [0.1, 0.15) is 33.4 Å². The molecule has 0 aliphatic carbocycles. The third kappa shape index (κ3) is 6.47. The quantitative estimate of drug-likeness (QED) is 0.142. The second-order valence-corrected chi connectivity index (χ2v) is 20.2. The van der Waals surface area contributed by atoms with Crippen molar-refractivity contribution in [3.63, 3.8) is 0 Å². The molecule has 0 aliphatic heterocycles. The van der Waals surface area contributed by atoms with Gasteiger partial charge in [-0.25, -0.2) is 0 Å². The minimum absolute atomic E-state index is 0.901. The smallest absolute Gasteiger partial charge is 0.143 e. The summed E-state index contributed by atoms with van der Waals surface area (Å²) in [6.45, 7) is 13.6. The SMILES string of the molecule is Cc1cc(C)c(N(c2ccccc2)c2ccc3ccc4c(N(c5ccccc5)c5c(C)cc(C)c(-c6cccc7c6oc6ccccc67)c5C)ccc5ccc2c3c54)c(C)c1-c1cccc2c1oc1ccccc12. The summed E-state index contributed by atoms with van der Waals surface area (Å²) < 4.78 is 13.4. The largest absolute Gasteiger partial charge is 0.455 e. The molecule has 0 saturated carbocycles. The monoisotopic (exact) mass is 952 g/mol. The Bertz CT molecular complexity index is 4270. The van der Waals surface area contributed by atoms with Gasteiger partial charge >= 0.3 is 0 Å². The molecule has 74 heavy (non-hydrogen) atoms. The van der Waals surface area contributed by atoms with Crippen molar-refractivity contribution in [1.29, 1.82) is 0 Å². The molecule has 4 nitrogen and oxygen atoms in total. The number of benzene rings is 12. The fraction of sp³-hybridized carbons (Fsp3) is 0.0857. The number of anilines is 6. The van der Waals surface area contributed by atoms with Crippen LogP contribution in [-0.4, -0.2) is 0 Å². The summed E-state index contributed by atoms with van der Waals surface area (Å²) in [6.07, 6.45) is 0. The summed E-state index contributed by atoms with van der Waals surface area (Å²) in [6, 6.07) is 75.0. The highest BCUT2D eigenvalue weighted by Gasteiger charge is 2.28. The highest BCUT2D eigenvalue weighted by molar-refractivity contribution is 6.28. The second kappa shape index (κ2) is 16.7. The van der Waals surface area contributed by atoms with Crippen LogP contribution in [0.4, 0.5) is 34.1 Å². The van der Waals surface area contributed by atoms with Crippen LogP contribution < -0.4 is 9.80 Å². The molecule has 14 aromatic rings. The van der Waals surface area contributed by atoms with Crippen LogP contribution in [0.3, 0.4) is 0 Å². The number of hydrogen-bond acceptors (Lipinski definition) is 4. The van der Waals surface area contributed by atoms with Gasteiger partial charge in [-0.1, -0.05) is 158 Å². The molecule has 0 spiro atoms. The summed E-state index contributed by atoms with van der Waals surface area (Å²) in [5.74, 6) is 0. The number of furan rings is 2. The zero-order valence-electron chi connectivity index (χ0n) is 42.3. The van der Waals surface area contributed by atoms with Crippen molar-refractivity contribution in [3.8, 4) is 22.3 Å². The zero-order valence-corrected chi connectivity index (χ0v) is 42.3. The Kier molecular flexibility index (Phi) is 9.87. The van der Waals surface area contributed by atoms with Crippen LogP contribution in [0.2, 0.25) is 0 Å². The summed E-state index contributed by atoms with van der Waals surface area (Å²) in [5.41, 5.74) is 22.2. The number of aryl methyl sites for hydroxylation is 4. The zero-order chi connectivity index (χ0) is 49.9. The van der Waals surface area contributed by atoms with Crippen molar-refractivity contribution < 1.29 is 8.83 Å². The number of para-hydroxylation sites is 6. The number of rotatable bonds is 8. The fourth-order valence-electron chi connectivity index (χ4n) is 12.8. The Balaban J connectivity index is 0.995. The van der Waals surface area contributed by atoms with Gasteiger partial charge in [0.15, 0.2) is 0 Å². The van der Waals surface area contributed by atoms with E-state index in [-0.39, 0.29) is 0 Å². The van der Waals surface area contributed by atoms with E-state index in [0.29, 0.717) is 0 Å². The first kappa shape index (κ1) is 43.7. The molecule has 0 fully saturated rings. The predicted octanol–water partition coefficient (Wildman–Crippen LogP) is 20.5. The first-order chi connectivity index (χ1) is 36.2. The van der Waals surface area contributed by atoms with Crippen LogP contribution in [0.15, 0.2) is 215 Å². The predicted molar refractivity (Wildman–Crippen MR) is 313 cm³/mol. The number of fused-ring (bicyclic) bond motifs is 6. The van der Waals surface area contributed by atoms with Crippen LogP contribution in [-0.2, 0) is 0 Å². The molecule has 2 aromatic heterocycles. The minimum atomic E-state index is 0.901. The van der Waals surface area contributed by atoms with E-state index >= 15 is 0 Å². The molecule has 12 aromatic carbocycles. The Morgan fingerprint density at radius 1 is 0.311 bits per heavy atom. The van der Waals surface area contributed by atoms with Crippen molar-refractivity contribution in [2.24, 2.45) is 0 Å². The van der Waals surface area contributed by atoms with Crippen LogP contribution in [0.5, 0.6) is 0 Å². The lowest BCUT2D eigenvalue weighted by Crippen LogP contribution is -2.15. The average Bonchev–Trinajstić information content (AvgIpc) is 4.04. The Labute approximate surface area is 430 Å². The third-order valence-corrected chi connectivity index (χ3v) is 15.8. The third-order valence-electron chi connectivity index (χ3n) is 15.8. The summed E-state index contributed by atoms with van der Waals surface area (Å²) in [4.78, 5) is 5.00. The van der Waals surface area contributed by atoms with Crippen molar-refractivity contribution >= 4 is 110 Å². The van der Waals surface area contributed by atoms with Gasteiger partial charge in [0.05, 0.1) is 22.7 Å². The minimum Gasteiger partial charge on any atom is -0.455 e. The average molecular weight is 953 g/mol. The molecule has 0 N–H and O–H groups in total. The van der Waals surface area contributed by atoms with Gasteiger partial charge in [-0.05, 0) is 156 Å². The lowest BCUT2D eigenvalue weighted by molar-refractivity contribution is 0.669. The lowest BCUT2D eigenvalue weighted by atomic mass is 9.88. The van der Waals surface area contributed by atoms with Gasteiger partial charge in [0.2, 0.25) is 0 Å². The molecule has 0 bridgehead atoms. The molecule has 0 unspecified atom stereocenters. The number of hydrogen-bond donors (Lipinski definition) is 0. The molecule has 4 heteroatoms. The van der Waals surface area contributed by atoms with Crippen molar-refractivity contribution in [1.82, 2.24) is 0 Å². The molecular formula is C70H52N2O2. The van der Waals surface area contributed by atoms with Gasteiger partial charge in [0.1, 0.15) is 22.3 Å². The maximum atomic E-state index is 6.70. The Hall–Kier alpha value is -9.12. The normalized spacial score (nSPS) is 11.9. The highest BCUT2D eigenvalue weighted by atomic mass is 16.3. The number of nitrogens with zero attached hydrogens (tertiary/aromatic N) is 2. The van der Waals surface area contributed by atoms with Crippen molar-refractivity contribution in [2.75, 3.05) is 9.80 Å². The van der Waals surface area contributed by atoms with Crippen LogP contribution in [0, 0.1) is 41.5 Å². The fourth-order valence-corrected chi connectivity index (χ4v) is 12.8. The molecule has 0 amide bonds. The van der Waals surface area contributed by atoms with Crippen LogP contribution >= 0.6 is 0 Å². The molecule has 0 saturated heterocycles. The first-order valence-corrected chi connectivity index (χ1v) is 25.7. The molecule has 0 atom stereocenters. The molecule has 0 aliphatic rings. The van der Waals surface area contributed by atoms with Gasteiger partial charge in [-0.2, -0.15) is 0 Å². The van der Waals surface area contributed by atoms with Crippen molar-refractivity contribution in [2.45, 2.75) is 41.5 Å². The maximum absolute atomic E-state index is 6.70. The Morgan fingerprint density at radius 3 is 1.12 bits per heavy atom. The molecule has 354 valence electrons. The highest BCUT2D eigenvalue weighted by Crippen LogP contribution is 2.52. The topological polar surface area (TPSA) is 32.8 Å². The van der Waals surface area contributed by atoms with E-state index < -0.39 is 0 Å². The van der Waals surface area contributed by atoms with E-state index in [4.69, 9.17) is 8.83 Å². The van der Waals surface area contributed by atoms with E-state index in [2.05, 4.69) is 245 Å². The van der Waals surface area contributed by atoms with Gasteiger partial charge < -0.3 is 18.6 Å². The van der Waals surface area contributed by atoms with Gasteiger partial charge in [-0.15, -0.1) is 0 Å². The molecule has 0 radical (unpaired) electrons. The van der Waals surface area contributed by atoms with Gasteiger partial charge in [0.25, 0.3) is 0 Å². The summed E-state index contributed by atoms with van der Waals surface area (Å²) in [5, 5.41) is 11.8. The lowest BCUT2D eigenvalue weighted by Gasteiger charge is -2.33. The van der Waals surface area contributed by atoms with E-state index in [1.165, 1.54) is 76.8 Å². The van der Waals surface area contributed by atoms with E-state index in [1.807, 2.05) is 12.1 Å². The van der Waals surface area contributed by atoms with Gasteiger partial charge in [0, 0.05) is 54.8 Å².